The lowest BCUT2D eigenvalue weighted by Gasteiger charge is -2.15. The predicted octanol–water partition coefficient (Wildman–Crippen LogP) is 5.72. The molecule has 0 heterocycles. The molecule has 0 aliphatic carbocycles. The van der Waals surface area contributed by atoms with Gasteiger partial charge in [-0.15, -0.1) is 0 Å². The molecule has 0 bridgehead atoms. The maximum absolute atomic E-state index is 5.94. The Kier molecular flexibility index (Phi) is 5.46. The van der Waals surface area contributed by atoms with Crippen LogP contribution in [0.4, 0.5) is 0 Å². The molecule has 0 aliphatic heterocycles. The monoisotopic (exact) mass is 401 g/mol. The second-order valence-corrected chi connectivity index (χ2v) is 6.60. The fourth-order valence-electron chi connectivity index (χ4n) is 1.82. The first kappa shape index (κ1) is 15.0. The van der Waals surface area contributed by atoms with Gasteiger partial charge in [0.05, 0.1) is 0 Å². The van der Waals surface area contributed by atoms with Gasteiger partial charge in [0.25, 0.3) is 0 Å². The fourth-order valence-corrected chi connectivity index (χ4v) is 3.06. The van der Waals surface area contributed by atoms with Crippen LogP contribution in [0.25, 0.3) is 0 Å². The van der Waals surface area contributed by atoms with Gasteiger partial charge >= 0.3 is 0 Å². The van der Waals surface area contributed by atoms with Crippen LogP contribution in [0.15, 0.2) is 51.4 Å². The number of hydrogen-bond acceptors (Lipinski definition) is 1. The van der Waals surface area contributed by atoms with E-state index in [1.807, 2.05) is 24.3 Å². The Bertz CT molecular complexity index is 572. The molecule has 0 aliphatic rings. The van der Waals surface area contributed by atoms with E-state index in [1.54, 1.807) is 0 Å². The minimum atomic E-state index is 0.292. The van der Waals surface area contributed by atoms with E-state index in [1.165, 1.54) is 11.1 Å². The van der Waals surface area contributed by atoms with Crippen LogP contribution in [0.5, 0.6) is 0 Å². The van der Waals surface area contributed by atoms with Crippen molar-refractivity contribution in [2.24, 2.45) is 0 Å². The zero-order valence-electron chi connectivity index (χ0n) is 10.5. The first-order chi connectivity index (χ1) is 9.06. The molecule has 0 radical (unpaired) electrons. The maximum atomic E-state index is 5.94. The van der Waals surface area contributed by atoms with Crippen LogP contribution in [-0.2, 0) is 6.54 Å². The third-order valence-electron chi connectivity index (χ3n) is 2.96. The molecular weight excluding hydrogens is 389 g/mol. The molecule has 1 atom stereocenters. The minimum Gasteiger partial charge on any atom is -0.306 e. The molecule has 0 amide bonds. The van der Waals surface area contributed by atoms with Crippen LogP contribution >= 0.6 is 43.5 Å². The second kappa shape index (κ2) is 6.89. The summed E-state index contributed by atoms with van der Waals surface area (Å²) in [5.41, 5.74) is 2.46. The van der Waals surface area contributed by atoms with E-state index in [0.717, 1.165) is 20.5 Å². The summed E-state index contributed by atoms with van der Waals surface area (Å²) >= 11 is 13.0. The van der Waals surface area contributed by atoms with E-state index in [9.17, 15) is 0 Å². The molecule has 0 saturated heterocycles. The first-order valence-electron chi connectivity index (χ1n) is 5.99. The molecule has 4 heteroatoms. The molecule has 1 nitrogen and oxygen atoms in total. The Morgan fingerprint density at radius 3 is 2.63 bits per heavy atom. The minimum absolute atomic E-state index is 0.292. The summed E-state index contributed by atoms with van der Waals surface area (Å²) in [6.45, 7) is 2.96. The van der Waals surface area contributed by atoms with Crippen molar-refractivity contribution in [2.75, 3.05) is 0 Å². The number of halogens is 3. The second-order valence-electron chi connectivity index (χ2n) is 4.39. The molecule has 1 N–H and O–H groups in total. The van der Waals surface area contributed by atoms with E-state index in [-0.39, 0.29) is 0 Å². The number of rotatable bonds is 4. The highest BCUT2D eigenvalue weighted by Gasteiger charge is 2.07. The molecule has 2 aromatic rings. The summed E-state index contributed by atoms with van der Waals surface area (Å²) in [6, 6.07) is 14.5. The average molecular weight is 404 g/mol. The number of benzene rings is 2. The summed E-state index contributed by atoms with van der Waals surface area (Å²) < 4.78 is 2.14. The van der Waals surface area contributed by atoms with Crippen molar-refractivity contribution < 1.29 is 0 Å². The van der Waals surface area contributed by atoms with Gasteiger partial charge in [0.2, 0.25) is 0 Å². The van der Waals surface area contributed by atoms with Gasteiger partial charge in [-0.25, -0.2) is 0 Å². The van der Waals surface area contributed by atoms with Gasteiger partial charge in [0, 0.05) is 26.6 Å². The van der Waals surface area contributed by atoms with Crippen LogP contribution in [0.2, 0.25) is 5.02 Å². The summed E-state index contributed by atoms with van der Waals surface area (Å²) in [4.78, 5) is 0. The Hall–Kier alpha value is -0.350. The summed E-state index contributed by atoms with van der Waals surface area (Å²) in [7, 11) is 0. The van der Waals surface area contributed by atoms with Crippen molar-refractivity contribution in [1.29, 1.82) is 0 Å². The van der Waals surface area contributed by atoms with E-state index in [2.05, 4.69) is 62.3 Å². The molecule has 0 saturated carbocycles. The van der Waals surface area contributed by atoms with Crippen molar-refractivity contribution >= 4 is 43.5 Å². The Morgan fingerprint density at radius 1 is 1.16 bits per heavy atom. The average Bonchev–Trinajstić information content (AvgIpc) is 2.37. The highest BCUT2D eigenvalue weighted by Crippen LogP contribution is 2.23. The van der Waals surface area contributed by atoms with Crippen LogP contribution in [0.1, 0.15) is 24.1 Å². The van der Waals surface area contributed by atoms with Gasteiger partial charge < -0.3 is 5.32 Å². The lowest BCUT2D eigenvalue weighted by Crippen LogP contribution is -2.18. The van der Waals surface area contributed by atoms with Crippen molar-refractivity contribution in [1.82, 2.24) is 5.32 Å². The lowest BCUT2D eigenvalue weighted by molar-refractivity contribution is 0.573. The molecule has 2 aromatic carbocycles. The lowest BCUT2D eigenvalue weighted by atomic mass is 10.1. The van der Waals surface area contributed by atoms with Crippen LogP contribution < -0.4 is 5.32 Å². The van der Waals surface area contributed by atoms with Crippen molar-refractivity contribution in [3.05, 3.63) is 67.6 Å². The summed E-state index contributed by atoms with van der Waals surface area (Å²) in [5, 5.41) is 4.25. The summed E-state index contributed by atoms with van der Waals surface area (Å²) in [5.74, 6) is 0. The van der Waals surface area contributed by atoms with Gasteiger partial charge in [-0.2, -0.15) is 0 Å². The smallest absolute Gasteiger partial charge is 0.0417 e. The normalized spacial score (nSPS) is 12.4. The Labute approximate surface area is 135 Å². The Balaban J connectivity index is 2.02. The van der Waals surface area contributed by atoms with Crippen LogP contribution in [0, 0.1) is 0 Å². The van der Waals surface area contributed by atoms with E-state index < -0.39 is 0 Å². The van der Waals surface area contributed by atoms with Gasteiger partial charge in [0.15, 0.2) is 0 Å². The predicted molar refractivity (Wildman–Crippen MR) is 88.5 cm³/mol. The third kappa shape index (κ3) is 4.32. The number of hydrogen-bond donors (Lipinski definition) is 1. The third-order valence-corrected chi connectivity index (χ3v) is 4.43. The molecular formula is C15H14Br2ClN. The SMILES string of the molecule is C[C@@H](NCc1ccc(Cl)cc1Br)c1cccc(Br)c1. The Morgan fingerprint density at radius 2 is 1.95 bits per heavy atom. The molecule has 19 heavy (non-hydrogen) atoms. The van der Waals surface area contributed by atoms with Crippen LogP contribution in [-0.4, -0.2) is 0 Å². The first-order valence-corrected chi connectivity index (χ1v) is 7.95. The molecule has 2 rings (SSSR count). The van der Waals surface area contributed by atoms with E-state index >= 15 is 0 Å². The van der Waals surface area contributed by atoms with Crippen molar-refractivity contribution in [3.8, 4) is 0 Å². The zero-order chi connectivity index (χ0) is 13.8. The maximum Gasteiger partial charge on any atom is 0.0417 e. The largest absolute Gasteiger partial charge is 0.306 e. The highest BCUT2D eigenvalue weighted by molar-refractivity contribution is 9.10. The van der Waals surface area contributed by atoms with E-state index in [0.29, 0.717) is 6.04 Å². The van der Waals surface area contributed by atoms with E-state index in [4.69, 9.17) is 11.6 Å². The van der Waals surface area contributed by atoms with Gasteiger partial charge in [-0.05, 0) is 42.3 Å². The fraction of sp³-hybridized carbons (Fsp3) is 0.200. The molecule has 0 fully saturated rings. The summed E-state index contributed by atoms with van der Waals surface area (Å²) in [6.07, 6.45) is 0. The standard InChI is InChI=1S/C15H14Br2ClN/c1-10(11-3-2-4-13(16)7-11)19-9-12-5-6-14(18)8-15(12)17/h2-8,10,19H,9H2,1H3/t10-/m1/s1. The van der Waals surface area contributed by atoms with Gasteiger partial charge in [-0.3, -0.25) is 0 Å². The molecule has 0 aromatic heterocycles. The van der Waals surface area contributed by atoms with Crippen LogP contribution in [0.3, 0.4) is 0 Å². The molecule has 0 spiro atoms. The zero-order valence-corrected chi connectivity index (χ0v) is 14.4. The highest BCUT2D eigenvalue weighted by atomic mass is 79.9. The number of nitrogens with one attached hydrogen (secondary N) is 1. The van der Waals surface area contributed by atoms with Crippen molar-refractivity contribution in [2.45, 2.75) is 19.5 Å². The van der Waals surface area contributed by atoms with Gasteiger partial charge in [-0.1, -0.05) is 61.7 Å². The van der Waals surface area contributed by atoms with Gasteiger partial charge in [0.1, 0.15) is 0 Å². The quantitative estimate of drug-likeness (QED) is 0.689. The van der Waals surface area contributed by atoms with Crippen molar-refractivity contribution in [3.63, 3.8) is 0 Å². The molecule has 100 valence electrons. The topological polar surface area (TPSA) is 12.0 Å². The molecule has 0 unspecified atom stereocenters.